The molecule has 2 aromatic carbocycles. The summed E-state index contributed by atoms with van der Waals surface area (Å²) in [5.41, 5.74) is 7.19. The molecule has 2 aliphatic rings. The molecule has 0 radical (unpaired) electrons. The van der Waals surface area contributed by atoms with Gasteiger partial charge in [-0.3, -0.25) is 0 Å². The van der Waals surface area contributed by atoms with E-state index in [0.29, 0.717) is 0 Å². The quantitative estimate of drug-likeness (QED) is 0.887. The van der Waals surface area contributed by atoms with Gasteiger partial charge in [0.05, 0.1) is 11.7 Å². The summed E-state index contributed by atoms with van der Waals surface area (Å²) in [6, 6.07) is 18.4. The third-order valence-corrected chi connectivity index (χ3v) is 4.22. The molecular weight excluding hydrogens is 298 g/mol. The fourth-order valence-electron chi connectivity index (χ4n) is 2.95. The molecule has 2 aliphatic heterocycles. The van der Waals surface area contributed by atoms with Crippen LogP contribution in [0.4, 0.5) is 5.69 Å². The molecule has 0 amide bonds. The van der Waals surface area contributed by atoms with Gasteiger partial charge in [0.15, 0.2) is 0 Å². The van der Waals surface area contributed by atoms with Gasteiger partial charge in [0.1, 0.15) is 11.6 Å². The van der Waals surface area contributed by atoms with Crippen LogP contribution >= 0.6 is 0 Å². The minimum Gasteiger partial charge on any atom is -0.413 e. The summed E-state index contributed by atoms with van der Waals surface area (Å²) in [7, 11) is 0. The summed E-state index contributed by atoms with van der Waals surface area (Å²) in [6.07, 6.45) is 3.70. The minimum atomic E-state index is 0.109. The van der Waals surface area contributed by atoms with Crippen molar-refractivity contribution in [1.82, 2.24) is 10.8 Å². The average Bonchev–Trinajstić information content (AvgIpc) is 3.10. The molecule has 24 heavy (non-hydrogen) atoms. The van der Waals surface area contributed by atoms with Crippen molar-refractivity contribution in [2.75, 3.05) is 0 Å². The van der Waals surface area contributed by atoms with E-state index >= 15 is 0 Å². The Morgan fingerprint density at radius 1 is 1.00 bits per heavy atom. The molecular formula is C20H19N3O. The molecule has 1 unspecified atom stereocenters. The van der Waals surface area contributed by atoms with Gasteiger partial charge < -0.3 is 10.2 Å². The highest BCUT2D eigenvalue weighted by Gasteiger charge is 2.20. The van der Waals surface area contributed by atoms with E-state index in [1.165, 1.54) is 5.56 Å². The first kappa shape index (κ1) is 14.7. The largest absolute Gasteiger partial charge is 0.413 e. The van der Waals surface area contributed by atoms with Crippen LogP contribution in [0.25, 0.3) is 5.70 Å². The Hall–Kier alpha value is -2.85. The molecule has 0 spiro atoms. The van der Waals surface area contributed by atoms with Crippen LogP contribution in [0.2, 0.25) is 0 Å². The Kier molecular flexibility index (Phi) is 3.89. The van der Waals surface area contributed by atoms with Gasteiger partial charge in [0.25, 0.3) is 0 Å². The zero-order chi connectivity index (χ0) is 16.4. The van der Waals surface area contributed by atoms with E-state index in [2.05, 4.69) is 40.6 Å². The SMILES string of the molecule is C=C1NC(CCC2=CC(c3ccccc3)NO2)=Nc2ccccc21. The number of benzene rings is 2. The zero-order valence-corrected chi connectivity index (χ0v) is 13.3. The topological polar surface area (TPSA) is 45.6 Å². The Balaban J connectivity index is 1.43. The lowest BCUT2D eigenvalue weighted by molar-refractivity contribution is 0.111. The van der Waals surface area contributed by atoms with Crippen LogP contribution in [0.15, 0.2) is 78.0 Å². The number of rotatable bonds is 4. The molecule has 120 valence electrons. The van der Waals surface area contributed by atoms with Crippen molar-refractivity contribution >= 4 is 17.2 Å². The summed E-state index contributed by atoms with van der Waals surface area (Å²) >= 11 is 0. The van der Waals surface area contributed by atoms with Crippen molar-refractivity contribution in [2.45, 2.75) is 18.9 Å². The van der Waals surface area contributed by atoms with Crippen LogP contribution in [0.5, 0.6) is 0 Å². The molecule has 0 saturated heterocycles. The highest BCUT2D eigenvalue weighted by molar-refractivity contribution is 5.97. The lowest BCUT2D eigenvalue weighted by Gasteiger charge is -2.19. The Labute approximate surface area is 141 Å². The lowest BCUT2D eigenvalue weighted by atomic mass is 10.1. The van der Waals surface area contributed by atoms with Gasteiger partial charge in [-0.2, -0.15) is 0 Å². The molecule has 1 atom stereocenters. The molecule has 2 N–H and O–H groups in total. The number of fused-ring (bicyclic) bond motifs is 1. The predicted octanol–water partition coefficient (Wildman–Crippen LogP) is 4.23. The first-order valence-electron chi connectivity index (χ1n) is 8.10. The number of hydrogen-bond donors (Lipinski definition) is 2. The highest BCUT2D eigenvalue weighted by Crippen LogP contribution is 2.29. The van der Waals surface area contributed by atoms with E-state index in [1.807, 2.05) is 42.5 Å². The predicted molar refractivity (Wildman–Crippen MR) is 96.4 cm³/mol. The van der Waals surface area contributed by atoms with Crippen LogP contribution in [-0.2, 0) is 4.84 Å². The first-order chi connectivity index (χ1) is 11.8. The number of para-hydroxylation sites is 1. The minimum absolute atomic E-state index is 0.109. The first-order valence-corrected chi connectivity index (χ1v) is 8.10. The molecule has 0 bridgehead atoms. The molecule has 4 nitrogen and oxygen atoms in total. The summed E-state index contributed by atoms with van der Waals surface area (Å²) < 4.78 is 0. The van der Waals surface area contributed by atoms with Crippen LogP contribution < -0.4 is 10.8 Å². The van der Waals surface area contributed by atoms with Crippen LogP contribution in [0, 0.1) is 0 Å². The van der Waals surface area contributed by atoms with Crippen molar-refractivity contribution in [1.29, 1.82) is 0 Å². The van der Waals surface area contributed by atoms with Crippen LogP contribution in [0.3, 0.4) is 0 Å². The van der Waals surface area contributed by atoms with Gasteiger partial charge in [-0.25, -0.2) is 4.99 Å². The van der Waals surface area contributed by atoms with Gasteiger partial charge in [-0.05, 0) is 17.7 Å². The van der Waals surface area contributed by atoms with Crippen molar-refractivity contribution < 1.29 is 4.84 Å². The molecule has 0 aliphatic carbocycles. The molecule has 0 fully saturated rings. The third kappa shape index (κ3) is 2.96. The van der Waals surface area contributed by atoms with Gasteiger partial charge in [0, 0.05) is 24.1 Å². The van der Waals surface area contributed by atoms with Crippen molar-refractivity contribution in [2.24, 2.45) is 4.99 Å². The number of aliphatic imine (C=N–C) groups is 1. The number of nitrogens with one attached hydrogen (secondary N) is 2. The molecule has 0 saturated carbocycles. The number of nitrogens with zero attached hydrogens (tertiary/aromatic N) is 1. The van der Waals surface area contributed by atoms with Gasteiger partial charge in [0.2, 0.25) is 0 Å². The molecule has 2 aromatic rings. The Morgan fingerprint density at radius 3 is 2.67 bits per heavy atom. The molecule has 0 aromatic heterocycles. The summed E-state index contributed by atoms with van der Waals surface area (Å²) in [5.74, 6) is 1.86. The van der Waals surface area contributed by atoms with Gasteiger partial charge >= 0.3 is 0 Å². The lowest BCUT2D eigenvalue weighted by Crippen LogP contribution is -2.24. The van der Waals surface area contributed by atoms with Crippen molar-refractivity contribution in [3.63, 3.8) is 0 Å². The number of hydrogen-bond acceptors (Lipinski definition) is 4. The highest BCUT2D eigenvalue weighted by atomic mass is 16.7. The van der Waals surface area contributed by atoms with E-state index in [9.17, 15) is 0 Å². The second kappa shape index (κ2) is 6.34. The van der Waals surface area contributed by atoms with E-state index in [1.54, 1.807) is 0 Å². The Morgan fingerprint density at radius 2 is 1.79 bits per heavy atom. The summed E-state index contributed by atoms with van der Waals surface area (Å²) in [5, 5.41) is 3.29. The fourth-order valence-corrected chi connectivity index (χ4v) is 2.95. The van der Waals surface area contributed by atoms with E-state index in [4.69, 9.17) is 4.84 Å². The molecule has 4 rings (SSSR count). The second-order valence-corrected chi connectivity index (χ2v) is 5.92. The maximum atomic E-state index is 5.61. The van der Waals surface area contributed by atoms with Gasteiger partial charge in [-0.1, -0.05) is 55.1 Å². The maximum absolute atomic E-state index is 5.61. The van der Waals surface area contributed by atoms with Crippen LogP contribution in [0.1, 0.15) is 30.0 Å². The Bertz CT molecular complexity index is 824. The third-order valence-electron chi connectivity index (χ3n) is 4.22. The maximum Gasteiger partial charge on any atom is 0.122 e. The normalized spacial score (nSPS) is 19.0. The molecule has 4 heteroatoms. The second-order valence-electron chi connectivity index (χ2n) is 5.92. The summed E-state index contributed by atoms with van der Waals surface area (Å²) in [6.45, 7) is 4.09. The van der Waals surface area contributed by atoms with E-state index in [-0.39, 0.29) is 6.04 Å². The molecule has 2 heterocycles. The van der Waals surface area contributed by atoms with Crippen molar-refractivity contribution in [3.8, 4) is 0 Å². The van der Waals surface area contributed by atoms with E-state index < -0.39 is 0 Å². The fraction of sp³-hybridized carbons (Fsp3) is 0.150. The zero-order valence-electron chi connectivity index (χ0n) is 13.3. The smallest absolute Gasteiger partial charge is 0.122 e. The number of allylic oxidation sites excluding steroid dienone is 1. The average molecular weight is 317 g/mol. The monoisotopic (exact) mass is 317 g/mol. The van der Waals surface area contributed by atoms with Gasteiger partial charge in [-0.15, -0.1) is 5.48 Å². The number of amidine groups is 1. The van der Waals surface area contributed by atoms with Crippen molar-refractivity contribution in [3.05, 3.63) is 84.1 Å². The number of hydroxylamine groups is 1. The standard InChI is InChI=1S/C20H19N3O/c1-14-17-9-5-6-10-18(17)22-20(21-14)12-11-16-13-19(23-24-16)15-7-3-2-4-8-15/h2-10,13,19,23H,1,11-12H2,(H,21,22). The van der Waals surface area contributed by atoms with E-state index in [0.717, 1.165) is 41.4 Å². The summed E-state index contributed by atoms with van der Waals surface area (Å²) in [4.78, 5) is 10.3. The van der Waals surface area contributed by atoms with Crippen LogP contribution in [-0.4, -0.2) is 5.84 Å².